The first-order valence-electron chi connectivity index (χ1n) is 6.14. The Morgan fingerprint density at radius 1 is 1.32 bits per heavy atom. The summed E-state index contributed by atoms with van der Waals surface area (Å²) in [5.41, 5.74) is 0. The Kier molecular flexibility index (Phi) is 4.59. The third kappa shape index (κ3) is 3.60. The zero-order chi connectivity index (χ0) is 13.5. The van der Waals surface area contributed by atoms with Crippen LogP contribution in [0.15, 0.2) is 30.6 Å². The van der Waals surface area contributed by atoms with Crippen LogP contribution in [0.2, 0.25) is 0 Å². The molecule has 0 saturated carbocycles. The molecule has 19 heavy (non-hydrogen) atoms. The highest BCUT2D eigenvalue weighted by molar-refractivity contribution is 5.90. The zero-order valence-electron chi connectivity index (χ0n) is 10.6. The fourth-order valence-electron chi connectivity index (χ4n) is 1.94. The largest absolute Gasteiger partial charge is 0.333 e. The maximum Gasteiger partial charge on any atom is 0.291 e. The van der Waals surface area contributed by atoms with Crippen LogP contribution in [0.3, 0.4) is 0 Å². The summed E-state index contributed by atoms with van der Waals surface area (Å²) in [5.74, 6) is 0.133. The summed E-state index contributed by atoms with van der Waals surface area (Å²) in [6.07, 6.45) is 6.46. The lowest BCUT2D eigenvalue weighted by molar-refractivity contribution is 0.0638. The second kappa shape index (κ2) is 6.61. The lowest BCUT2D eigenvalue weighted by Gasteiger charge is -2.33. The fourth-order valence-corrected chi connectivity index (χ4v) is 1.94. The molecule has 2 rings (SSSR count). The molecule has 1 aromatic heterocycles. The molecule has 1 amide bonds. The predicted molar refractivity (Wildman–Crippen MR) is 69.1 cm³/mol. The van der Waals surface area contributed by atoms with Gasteiger partial charge in [-0.15, -0.1) is 0 Å². The van der Waals surface area contributed by atoms with Gasteiger partial charge < -0.3 is 4.90 Å². The Labute approximate surface area is 112 Å². The van der Waals surface area contributed by atoms with E-state index in [-0.39, 0.29) is 11.7 Å². The van der Waals surface area contributed by atoms with Gasteiger partial charge in [-0.05, 0) is 6.07 Å². The predicted octanol–water partition coefficient (Wildman–Crippen LogP) is 0.314. The number of hydrogen-bond acceptors (Lipinski definition) is 5. The van der Waals surface area contributed by atoms with Crippen LogP contribution < -0.4 is 0 Å². The summed E-state index contributed by atoms with van der Waals surface area (Å²) in [4.78, 5) is 24.0. The van der Waals surface area contributed by atoms with Crippen LogP contribution in [-0.4, -0.2) is 58.4 Å². The minimum atomic E-state index is -0.118. The van der Waals surface area contributed by atoms with E-state index in [0.717, 1.165) is 19.6 Å². The average molecular weight is 257 g/mol. The van der Waals surface area contributed by atoms with Crippen molar-refractivity contribution in [3.05, 3.63) is 36.4 Å². The number of rotatable bonds is 3. The van der Waals surface area contributed by atoms with E-state index in [0.29, 0.717) is 13.1 Å². The number of amides is 1. The summed E-state index contributed by atoms with van der Waals surface area (Å²) in [6.45, 7) is 3.68. The third-order valence-electron chi connectivity index (χ3n) is 2.97. The number of allylic oxidation sites excluding steroid dienone is 1. The van der Waals surface area contributed by atoms with Gasteiger partial charge in [0.15, 0.2) is 0 Å². The minimum absolute atomic E-state index is 0.118. The van der Waals surface area contributed by atoms with E-state index in [1.54, 1.807) is 23.4 Å². The molecule has 0 unspecified atom stereocenters. The summed E-state index contributed by atoms with van der Waals surface area (Å²) in [6, 6.07) is 3.66. The first kappa shape index (κ1) is 13.2. The van der Waals surface area contributed by atoms with Crippen molar-refractivity contribution >= 4 is 5.91 Å². The van der Waals surface area contributed by atoms with E-state index in [1.165, 1.54) is 6.08 Å². The Morgan fingerprint density at radius 3 is 2.63 bits per heavy atom. The number of aromatic nitrogens is 2. The molecule has 0 spiro atoms. The van der Waals surface area contributed by atoms with E-state index < -0.39 is 0 Å². The molecule has 6 nitrogen and oxygen atoms in total. The molecule has 0 bridgehead atoms. The molecule has 1 fully saturated rings. The maximum atomic E-state index is 12.1. The van der Waals surface area contributed by atoms with Crippen molar-refractivity contribution < 1.29 is 4.79 Å². The van der Waals surface area contributed by atoms with Crippen molar-refractivity contribution in [3.63, 3.8) is 0 Å². The zero-order valence-corrected chi connectivity index (χ0v) is 10.6. The topological polar surface area (TPSA) is 73.1 Å². The smallest absolute Gasteiger partial charge is 0.291 e. The van der Waals surface area contributed by atoms with E-state index in [1.807, 2.05) is 12.1 Å². The second-order valence-corrected chi connectivity index (χ2v) is 4.20. The van der Waals surface area contributed by atoms with Crippen molar-refractivity contribution in [2.24, 2.45) is 0 Å². The quantitative estimate of drug-likeness (QED) is 0.729. The molecule has 1 aliphatic rings. The number of nitrogens with zero attached hydrogens (tertiary/aromatic N) is 5. The molecule has 6 heteroatoms. The van der Waals surface area contributed by atoms with Gasteiger partial charge >= 0.3 is 0 Å². The maximum absolute atomic E-state index is 12.1. The summed E-state index contributed by atoms with van der Waals surface area (Å²) < 4.78 is 0. The molecule has 98 valence electrons. The molecule has 0 N–H and O–H groups in total. The van der Waals surface area contributed by atoms with Crippen LogP contribution in [0.1, 0.15) is 10.6 Å². The van der Waals surface area contributed by atoms with Gasteiger partial charge in [-0.3, -0.25) is 9.69 Å². The van der Waals surface area contributed by atoms with Crippen molar-refractivity contribution in [2.45, 2.75) is 0 Å². The lowest BCUT2D eigenvalue weighted by atomic mass is 10.3. The summed E-state index contributed by atoms with van der Waals surface area (Å²) in [5, 5.41) is 8.41. The van der Waals surface area contributed by atoms with Crippen LogP contribution in [-0.2, 0) is 0 Å². The minimum Gasteiger partial charge on any atom is -0.333 e. The molecule has 0 radical (unpaired) electrons. The highest BCUT2D eigenvalue weighted by atomic mass is 16.2. The van der Waals surface area contributed by atoms with Crippen LogP contribution in [0, 0.1) is 11.3 Å². The van der Waals surface area contributed by atoms with E-state index in [2.05, 4.69) is 14.9 Å². The third-order valence-corrected chi connectivity index (χ3v) is 2.97. The number of carbonyl (C=O) groups excluding carboxylic acids is 1. The van der Waals surface area contributed by atoms with Crippen molar-refractivity contribution in [3.8, 4) is 6.07 Å². The normalized spacial score (nSPS) is 16.5. The summed E-state index contributed by atoms with van der Waals surface area (Å²) in [7, 11) is 0. The summed E-state index contributed by atoms with van der Waals surface area (Å²) >= 11 is 0. The molecule has 1 saturated heterocycles. The van der Waals surface area contributed by atoms with Crippen molar-refractivity contribution in [2.75, 3.05) is 32.7 Å². The van der Waals surface area contributed by atoms with Crippen LogP contribution in [0.25, 0.3) is 0 Å². The molecule has 0 aliphatic carbocycles. The first-order valence-corrected chi connectivity index (χ1v) is 6.14. The van der Waals surface area contributed by atoms with Gasteiger partial charge in [-0.2, -0.15) is 5.26 Å². The van der Waals surface area contributed by atoms with E-state index >= 15 is 0 Å². The van der Waals surface area contributed by atoms with Gasteiger partial charge in [-0.1, -0.05) is 6.08 Å². The van der Waals surface area contributed by atoms with E-state index in [9.17, 15) is 4.79 Å². The van der Waals surface area contributed by atoms with Gasteiger partial charge in [-0.25, -0.2) is 9.97 Å². The van der Waals surface area contributed by atoms with Gasteiger partial charge in [0.1, 0.15) is 0 Å². The molecule has 1 aromatic rings. The first-order chi connectivity index (χ1) is 9.31. The Balaban J connectivity index is 1.85. The van der Waals surface area contributed by atoms with Crippen molar-refractivity contribution in [1.29, 1.82) is 5.26 Å². The molecular weight excluding hydrogens is 242 g/mol. The van der Waals surface area contributed by atoms with Crippen molar-refractivity contribution in [1.82, 2.24) is 19.8 Å². The van der Waals surface area contributed by atoms with Gasteiger partial charge in [0, 0.05) is 51.2 Å². The standard InChI is InChI=1S/C13H15N5O/c14-4-1-2-7-17-8-10-18(11-9-17)13(19)12-15-5-3-6-16-12/h1-3,5-6H,7-11H2. The Hall–Kier alpha value is -2.26. The Morgan fingerprint density at radius 2 is 2.00 bits per heavy atom. The highest BCUT2D eigenvalue weighted by Gasteiger charge is 2.22. The van der Waals surface area contributed by atoms with E-state index in [4.69, 9.17) is 5.26 Å². The Bertz CT molecular complexity index is 486. The molecule has 0 aromatic carbocycles. The van der Waals surface area contributed by atoms with Crippen LogP contribution in [0.5, 0.6) is 0 Å². The number of nitriles is 1. The molecule has 0 atom stereocenters. The van der Waals surface area contributed by atoms with Gasteiger partial charge in [0.25, 0.3) is 5.91 Å². The molecular formula is C13H15N5O. The number of piperazine rings is 1. The fraction of sp³-hybridized carbons (Fsp3) is 0.385. The van der Waals surface area contributed by atoms with Crippen LogP contribution in [0.4, 0.5) is 0 Å². The average Bonchev–Trinajstić information content (AvgIpc) is 2.48. The number of hydrogen-bond donors (Lipinski definition) is 0. The van der Waals surface area contributed by atoms with Gasteiger partial charge in [0.05, 0.1) is 6.07 Å². The lowest BCUT2D eigenvalue weighted by Crippen LogP contribution is -2.48. The SMILES string of the molecule is N#CC=CCN1CCN(C(=O)c2ncccn2)CC1. The monoisotopic (exact) mass is 257 g/mol. The van der Waals surface area contributed by atoms with Gasteiger partial charge in [0.2, 0.25) is 5.82 Å². The second-order valence-electron chi connectivity index (χ2n) is 4.20. The number of carbonyl (C=O) groups is 1. The molecule has 2 heterocycles. The highest BCUT2D eigenvalue weighted by Crippen LogP contribution is 2.05. The van der Waals surface area contributed by atoms with Crippen LogP contribution >= 0.6 is 0 Å². The molecule has 1 aliphatic heterocycles.